The van der Waals surface area contributed by atoms with Gasteiger partial charge in [0.2, 0.25) is 0 Å². The first-order chi connectivity index (χ1) is 8.36. The molecule has 2 unspecified atom stereocenters. The molecular formula is C12H15N3OS. The van der Waals surface area contributed by atoms with E-state index in [1.807, 2.05) is 5.38 Å². The SMILES string of the molecule is N#CCc1csc(C2CN3CCCC3CO2)n1. The van der Waals surface area contributed by atoms with Gasteiger partial charge in [-0.15, -0.1) is 11.3 Å². The number of thiazole rings is 1. The first kappa shape index (κ1) is 11.1. The minimum absolute atomic E-state index is 0.113. The molecule has 0 saturated carbocycles. The van der Waals surface area contributed by atoms with Gasteiger partial charge in [-0.25, -0.2) is 4.98 Å². The first-order valence-electron chi connectivity index (χ1n) is 6.03. The van der Waals surface area contributed by atoms with Gasteiger partial charge in [-0.2, -0.15) is 5.26 Å². The van der Waals surface area contributed by atoms with Crippen LogP contribution < -0.4 is 0 Å². The van der Waals surface area contributed by atoms with Crippen LogP contribution in [0.1, 0.15) is 29.6 Å². The molecule has 2 saturated heterocycles. The monoisotopic (exact) mass is 249 g/mol. The Balaban J connectivity index is 1.69. The Labute approximate surface area is 105 Å². The second-order valence-electron chi connectivity index (χ2n) is 4.62. The van der Waals surface area contributed by atoms with Crippen molar-refractivity contribution in [3.63, 3.8) is 0 Å². The zero-order chi connectivity index (χ0) is 11.7. The highest BCUT2D eigenvalue weighted by molar-refractivity contribution is 7.09. The molecule has 2 aliphatic rings. The number of morpholine rings is 1. The fourth-order valence-electron chi connectivity index (χ4n) is 2.60. The van der Waals surface area contributed by atoms with Gasteiger partial charge in [0.25, 0.3) is 0 Å². The second kappa shape index (κ2) is 4.73. The average molecular weight is 249 g/mol. The van der Waals surface area contributed by atoms with Crippen LogP contribution in [-0.4, -0.2) is 35.6 Å². The molecule has 4 nitrogen and oxygen atoms in total. The average Bonchev–Trinajstić information content (AvgIpc) is 2.96. The van der Waals surface area contributed by atoms with E-state index < -0.39 is 0 Å². The molecule has 3 heterocycles. The Morgan fingerprint density at radius 2 is 2.59 bits per heavy atom. The van der Waals surface area contributed by atoms with E-state index in [-0.39, 0.29) is 6.10 Å². The van der Waals surface area contributed by atoms with Crippen LogP contribution in [0.2, 0.25) is 0 Å². The van der Waals surface area contributed by atoms with Crippen molar-refractivity contribution < 1.29 is 4.74 Å². The van der Waals surface area contributed by atoms with E-state index in [2.05, 4.69) is 16.0 Å². The van der Waals surface area contributed by atoms with Crippen LogP contribution in [0.4, 0.5) is 0 Å². The minimum atomic E-state index is 0.113. The number of nitriles is 1. The first-order valence-corrected chi connectivity index (χ1v) is 6.91. The third-order valence-corrected chi connectivity index (χ3v) is 4.48. The summed E-state index contributed by atoms with van der Waals surface area (Å²) < 4.78 is 5.89. The molecule has 0 bridgehead atoms. The van der Waals surface area contributed by atoms with Gasteiger partial charge >= 0.3 is 0 Å². The lowest BCUT2D eigenvalue weighted by Crippen LogP contribution is -2.42. The Kier molecular flexibility index (Phi) is 3.10. The Hall–Kier alpha value is -0.960. The van der Waals surface area contributed by atoms with Crippen LogP contribution in [0.3, 0.4) is 0 Å². The summed E-state index contributed by atoms with van der Waals surface area (Å²) >= 11 is 1.62. The highest BCUT2D eigenvalue weighted by Crippen LogP contribution is 2.31. The molecule has 1 aromatic heterocycles. The number of rotatable bonds is 2. The van der Waals surface area contributed by atoms with Crippen LogP contribution >= 0.6 is 11.3 Å². The number of hydrogen-bond acceptors (Lipinski definition) is 5. The van der Waals surface area contributed by atoms with E-state index in [1.54, 1.807) is 11.3 Å². The molecule has 0 N–H and O–H groups in total. The molecule has 90 valence electrons. The zero-order valence-corrected chi connectivity index (χ0v) is 10.4. The maximum Gasteiger partial charge on any atom is 0.123 e. The summed E-state index contributed by atoms with van der Waals surface area (Å²) in [6.07, 6.45) is 3.07. The Morgan fingerprint density at radius 1 is 1.65 bits per heavy atom. The molecule has 5 heteroatoms. The van der Waals surface area contributed by atoms with Gasteiger partial charge in [-0.05, 0) is 19.4 Å². The van der Waals surface area contributed by atoms with Crippen molar-refractivity contribution in [2.24, 2.45) is 0 Å². The van der Waals surface area contributed by atoms with Crippen molar-refractivity contribution in [3.8, 4) is 6.07 Å². The minimum Gasteiger partial charge on any atom is -0.368 e. The molecule has 2 fully saturated rings. The number of ether oxygens (including phenoxy) is 1. The van der Waals surface area contributed by atoms with Gasteiger partial charge in [0.05, 0.1) is 24.8 Å². The van der Waals surface area contributed by atoms with Gasteiger partial charge in [0.1, 0.15) is 11.1 Å². The van der Waals surface area contributed by atoms with E-state index in [0.29, 0.717) is 12.5 Å². The largest absolute Gasteiger partial charge is 0.368 e. The summed E-state index contributed by atoms with van der Waals surface area (Å²) in [4.78, 5) is 7.00. The summed E-state index contributed by atoms with van der Waals surface area (Å²) in [5.74, 6) is 0. The molecule has 2 atom stereocenters. The number of hydrogen-bond donors (Lipinski definition) is 0. The maximum atomic E-state index is 8.64. The van der Waals surface area contributed by atoms with Gasteiger partial charge in [-0.1, -0.05) is 0 Å². The molecule has 0 radical (unpaired) electrons. The quantitative estimate of drug-likeness (QED) is 0.801. The van der Waals surface area contributed by atoms with Gasteiger partial charge < -0.3 is 4.74 Å². The van der Waals surface area contributed by atoms with Crippen LogP contribution in [-0.2, 0) is 11.2 Å². The number of aromatic nitrogens is 1. The second-order valence-corrected chi connectivity index (χ2v) is 5.51. The lowest BCUT2D eigenvalue weighted by molar-refractivity contribution is -0.0502. The fraction of sp³-hybridized carbons (Fsp3) is 0.667. The topological polar surface area (TPSA) is 49.2 Å². The highest BCUT2D eigenvalue weighted by atomic mass is 32.1. The van der Waals surface area contributed by atoms with Gasteiger partial charge in [0, 0.05) is 18.0 Å². The van der Waals surface area contributed by atoms with E-state index in [1.165, 1.54) is 19.4 Å². The van der Waals surface area contributed by atoms with Crippen molar-refractivity contribution >= 4 is 11.3 Å². The van der Waals surface area contributed by atoms with Crippen LogP contribution in [0.5, 0.6) is 0 Å². The van der Waals surface area contributed by atoms with Crippen molar-refractivity contribution in [3.05, 3.63) is 16.1 Å². The molecule has 0 spiro atoms. The van der Waals surface area contributed by atoms with Crippen molar-refractivity contribution in [1.82, 2.24) is 9.88 Å². The van der Waals surface area contributed by atoms with E-state index in [4.69, 9.17) is 10.00 Å². The standard InChI is InChI=1S/C12H15N3OS/c13-4-3-9-8-17-12(14-9)11-6-15-5-1-2-10(15)7-16-11/h8,10-11H,1-3,5-7H2. The molecule has 2 aliphatic heterocycles. The highest BCUT2D eigenvalue weighted by Gasteiger charge is 2.33. The summed E-state index contributed by atoms with van der Waals surface area (Å²) in [5.41, 5.74) is 0.875. The molecule has 17 heavy (non-hydrogen) atoms. The maximum absolute atomic E-state index is 8.64. The normalized spacial score (nSPS) is 28.9. The third kappa shape index (κ3) is 2.21. The van der Waals surface area contributed by atoms with Crippen molar-refractivity contribution in [1.29, 1.82) is 5.26 Å². The summed E-state index contributed by atoms with van der Waals surface area (Å²) in [5, 5.41) is 11.6. The third-order valence-electron chi connectivity index (χ3n) is 3.49. The van der Waals surface area contributed by atoms with E-state index in [9.17, 15) is 0 Å². The zero-order valence-electron chi connectivity index (χ0n) is 9.63. The summed E-state index contributed by atoms with van der Waals surface area (Å²) in [6, 6.07) is 2.76. The molecule has 3 rings (SSSR count). The van der Waals surface area contributed by atoms with Gasteiger partial charge in [0.15, 0.2) is 0 Å². The summed E-state index contributed by atoms with van der Waals surface area (Å²) in [6.45, 7) is 2.99. The van der Waals surface area contributed by atoms with Crippen LogP contribution in [0, 0.1) is 11.3 Å². The Morgan fingerprint density at radius 3 is 3.47 bits per heavy atom. The van der Waals surface area contributed by atoms with Crippen LogP contribution in [0.15, 0.2) is 5.38 Å². The molecular weight excluding hydrogens is 234 g/mol. The molecule has 1 aromatic rings. The Bertz CT molecular complexity index is 439. The molecule has 0 amide bonds. The van der Waals surface area contributed by atoms with Crippen molar-refractivity contribution in [2.75, 3.05) is 19.7 Å². The lowest BCUT2D eigenvalue weighted by Gasteiger charge is -2.34. The van der Waals surface area contributed by atoms with Crippen LogP contribution in [0.25, 0.3) is 0 Å². The number of fused-ring (bicyclic) bond motifs is 1. The smallest absolute Gasteiger partial charge is 0.123 e. The number of nitrogens with zero attached hydrogens (tertiary/aromatic N) is 3. The predicted octanol–water partition coefficient (Wildman–Crippen LogP) is 1.74. The van der Waals surface area contributed by atoms with Gasteiger partial charge in [-0.3, -0.25) is 4.90 Å². The lowest BCUT2D eigenvalue weighted by atomic mass is 10.2. The van der Waals surface area contributed by atoms with Crippen molar-refractivity contribution in [2.45, 2.75) is 31.4 Å². The fourth-order valence-corrected chi connectivity index (χ4v) is 3.46. The predicted molar refractivity (Wildman–Crippen MR) is 64.7 cm³/mol. The van der Waals surface area contributed by atoms with E-state index >= 15 is 0 Å². The molecule has 0 aromatic carbocycles. The molecule has 0 aliphatic carbocycles. The van der Waals surface area contributed by atoms with E-state index in [0.717, 1.165) is 23.9 Å². The summed E-state index contributed by atoms with van der Waals surface area (Å²) in [7, 11) is 0.